The van der Waals surface area contributed by atoms with Gasteiger partial charge in [0.1, 0.15) is 0 Å². The fourth-order valence-electron chi connectivity index (χ4n) is 3.12. The molecule has 1 fully saturated rings. The first-order valence-corrected chi connectivity index (χ1v) is 9.13. The average Bonchev–Trinajstić information content (AvgIpc) is 3.17. The summed E-state index contributed by atoms with van der Waals surface area (Å²) in [5, 5.41) is 4.12. The number of nitrogens with two attached hydrogens (primary N) is 1. The van der Waals surface area contributed by atoms with E-state index >= 15 is 0 Å². The second-order valence-corrected chi connectivity index (χ2v) is 7.00. The molecule has 2 aromatic rings. The highest BCUT2D eigenvalue weighted by molar-refractivity contribution is 5.78. The third-order valence-electron chi connectivity index (χ3n) is 5.06. The first-order valence-electron chi connectivity index (χ1n) is 9.13. The van der Waals surface area contributed by atoms with E-state index < -0.39 is 0 Å². The fraction of sp³-hybridized carbons (Fsp3) is 0.526. The van der Waals surface area contributed by atoms with Crippen LogP contribution in [0.4, 0.5) is 0 Å². The van der Waals surface area contributed by atoms with Crippen molar-refractivity contribution in [2.45, 2.75) is 26.8 Å². The van der Waals surface area contributed by atoms with Crippen molar-refractivity contribution < 1.29 is 9.32 Å². The van der Waals surface area contributed by atoms with Crippen molar-refractivity contribution in [1.29, 1.82) is 0 Å². The van der Waals surface area contributed by atoms with Gasteiger partial charge in [-0.2, -0.15) is 4.98 Å². The van der Waals surface area contributed by atoms with Gasteiger partial charge in [-0.15, -0.1) is 0 Å². The largest absolute Gasteiger partial charge is 0.340 e. The number of nitrogens with zero attached hydrogens (tertiary/aromatic N) is 4. The van der Waals surface area contributed by atoms with E-state index in [-0.39, 0.29) is 17.9 Å². The van der Waals surface area contributed by atoms with Gasteiger partial charge in [-0.05, 0) is 13.8 Å². The maximum Gasteiger partial charge on any atom is 0.244 e. The normalized spacial score (nSPS) is 17.9. The Bertz CT molecular complexity index is 735. The van der Waals surface area contributed by atoms with Crippen LogP contribution in [0.2, 0.25) is 0 Å². The standard InChI is InChI=1S/C19H27N5O2/c1-13-4-6-16(7-5-13)17-21-18(26-22-17)15(3)23-8-10-24(11-9-23)19(25)14(2)12-20/h4-7,14-15H,8-12,20H2,1-3H3. The van der Waals surface area contributed by atoms with Crippen molar-refractivity contribution in [3.05, 3.63) is 35.7 Å². The lowest BCUT2D eigenvalue weighted by Gasteiger charge is -2.37. The van der Waals surface area contributed by atoms with Gasteiger partial charge in [0, 0.05) is 44.2 Å². The number of carbonyl (C=O) groups is 1. The molecular formula is C19H27N5O2. The molecule has 1 aromatic carbocycles. The summed E-state index contributed by atoms with van der Waals surface area (Å²) in [6.07, 6.45) is 0. The second kappa shape index (κ2) is 7.97. The van der Waals surface area contributed by atoms with E-state index in [1.807, 2.05) is 43.0 Å². The number of hydrogen-bond acceptors (Lipinski definition) is 6. The second-order valence-electron chi connectivity index (χ2n) is 7.00. The molecule has 7 heteroatoms. The molecule has 2 N–H and O–H groups in total. The molecule has 1 saturated heterocycles. The molecule has 7 nitrogen and oxygen atoms in total. The molecule has 0 aliphatic carbocycles. The SMILES string of the molecule is Cc1ccc(-c2noc(C(C)N3CCN(C(=O)C(C)CN)CC3)n2)cc1. The number of hydrogen-bond donors (Lipinski definition) is 1. The monoisotopic (exact) mass is 357 g/mol. The maximum absolute atomic E-state index is 12.2. The molecule has 0 bridgehead atoms. The Kier molecular flexibility index (Phi) is 5.68. The lowest BCUT2D eigenvalue weighted by Crippen LogP contribution is -2.51. The number of benzene rings is 1. The number of amides is 1. The number of rotatable bonds is 5. The van der Waals surface area contributed by atoms with Crippen molar-refractivity contribution in [1.82, 2.24) is 19.9 Å². The highest BCUT2D eigenvalue weighted by Gasteiger charge is 2.29. The summed E-state index contributed by atoms with van der Waals surface area (Å²) in [4.78, 5) is 21.0. The van der Waals surface area contributed by atoms with Crippen LogP contribution in [0.5, 0.6) is 0 Å². The zero-order valence-electron chi connectivity index (χ0n) is 15.7. The Labute approximate surface area is 154 Å². The van der Waals surface area contributed by atoms with Crippen LogP contribution in [0, 0.1) is 12.8 Å². The van der Waals surface area contributed by atoms with Gasteiger partial charge in [0.2, 0.25) is 17.6 Å². The summed E-state index contributed by atoms with van der Waals surface area (Å²) in [5.41, 5.74) is 7.75. The molecule has 2 unspecified atom stereocenters. The van der Waals surface area contributed by atoms with Crippen molar-refractivity contribution in [3.8, 4) is 11.4 Å². The van der Waals surface area contributed by atoms with E-state index in [0.717, 1.165) is 18.7 Å². The van der Waals surface area contributed by atoms with Crippen LogP contribution < -0.4 is 5.73 Å². The molecule has 1 aromatic heterocycles. The van der Waals surface area contributed by atoms with Crippen molar-refractivity contribution >= 4 is 5.91 Å². The van der Waals surface area contributed by atoms with Crippen LogP contribution in [0.15, 0.2) is 28.8 Å². The lowest BCUT2D eigenvalue weighted by molar-refractivity contribution is -0.136. The minimum absolute atomic E-state index is 0.0193. The summed E-state index contributed by atoms with van der Waals surface area (Å²) in [6.45, 7) is 9.35. The van der Waals surface area contributed by atoms with E-state index in [1.54, 1.807) is 0 Å². The molecule has 3 rings (SSSR count). The first-order chi connectivity index (χ1) is 12.5. The van der Waals surface area contributed by atoms with Crippen LogP contribution in [0.1, 0.15) is 31.3 Å². The predicted molar refractivity (Wildman–Crippen MR) is 99.3 cm³/mol. The van der Waals surface area contributed by atoms with Gasteiger partial charge in [-0.3, -0.25) is 9.69 Å². The van der Waals surface area contributed by atoms with Gasteiger partial charge < -0.3 is 15.2 Å². The third-order valence-corrected chi connectivity index (χ3v) is 5.06. The van der Waals surface area contributed by atoms with Crippen molar-refractivity contribution in [2.75, 3.05) is 32.7 Å². The Morgan fingerprint density at radius 2 is 1.85 bits per heavy atom. The van der Waals surface area contributed by atoms with Crippen LogP contribution >= 0.6 is 0 Å². The molecule has 140 valence electrons. The van der Waals surface area contributed by atoms with Crippen LogP contribution in [0.3, 0.4) is 0 Å². The number of aromatic nitrogens is 2. The Morgan fingerprint density at radius 3 is 2.46 bits per heavy atom. The van der Waals surface area contributed by atoms with Gasteiger partial charge in [0.05, 0.1) is 6.04 Å². The molecule has 0 saturated carbocycles. The van der Waals surface area contributed by atoms with Crippen LogP contribution in [0.25, 0.3) is 11.4 Å². The minimum atomic E-state index is -0.119. The van der Waals surface area contributed by atoms with Gasteiger partial charge in [-0.25, -0.2) is 0 Å². The number of carbonyl (C=O) groups excluding carboxylic acids is 1. The van der Waals surface area contributed by atoms with Gasteiger partial charge in [0.25, 0.3) is 0 Å². The van der Waals surface area contributed by atoms with Crippen molar-refractivity contribution in [2.24, 2.45) is 11.7 Å². The minimum Gasteiger partial charge on any atom is -0.340 e. The zero-order valence-corrected chi connectivity index (χ0v) is 15.7. The van der Waals surface area contributed by atoms with Gasteiger partial charge in [0.15, 0.2) is 0 Å². The van der Waals surface area contributed by atoms with Crippen molar-refractivity contribution in [3.63, 3.8) is 0 Å². The molecular weight excluding hydrogens is 330 g/mol. The van der Waals surface area contributed by atoms with E-state index in [9.17, 15) is 4.79 Å². The summed E-state index contributed by atoms with van der Waals surface area (Å²) >= 11 is 0. The molecule has 26 heavy (non-hydrogen) atoms. The Balaban J connectivity index is 1.61. The molecule has 0 radical (unpaired) electrons. The predicted octanol–water partition coefficient (Wildman–Crippen LogP) is 1.85. The van der Waals surface area contributed by atoms with Gasteiger partial charge >= 0.3 is 0 Å². The molecule has 2 atom stereocenters. The maximum atomic E-state index is 12.2. The van der Waals surface area contributed by atoms with E-state index in [0.29, 0.717) is 31.3 Å². The molecule has 1 aliphatic rings. The average molecular weight is 357 g/mol. The molecule has 0 spiro atoms. The Hall–Kier alpha value is -2.25. The number of aryl methyl sites for hydroxylation is 1. The van der Waals surface area contributed by atoms with E-state index in [1.165, 1.54) is 5.56 Å². The fourth-order valence-corrected chi connectivity index (χ4v) is 3.12. The summed E-state index contributed by atoms with van der Waals surface area (Å²) in [7, 11) is 0. The number of piperazine rings is 1. The van der Waals surface area contributed by atoms with Crippen LogP contribution in [-0.4, -0.2) is 58.6 Å². The van der Waals surface area contributed by atoms with Crippen LogP contribution in [-0.2, 0) is 4.79 Å². The molecule has 2 heterocycles. The summed E-state index contributed by atoms with van der Waals surface area (Å²) in [6, 6.07) is 8.08. The quantitative estimate of drug-likeness (QED) is 0.878. The third kappa shape index (κ3) is 3.94. The smallest absolute Gasteiger partial charge is 0.244 e. The summed E-state index contributed by atoms with van der Waals surface area (Å²) < 4.78 is 5.49. The zero-order chi connectivity index (χ0) is 18.7. The Morgan fingerprint density at radius 1 is 1.19 bits per heavy atom. The van der Waals surface area contributed by atoms with Gasteiger partial charge in [-0.1, -0.05) is 41.9 Å². The van der Waals surface area contributed by atoms with E-state index in [4.69, 9.17) is 10.3 Å². The topological polar surface area (TPSA) is 88.5 Å². The highest BCUT2D eigenvalue weighted by Crippen LogP contribution is 2.24. The highest BCUT2D eigenvalue weighted by atomic mass is 16.5. The molecule has 1 aliphatic heterocycles. The first kappa shape index (κ1) is 18.5. The molecule has 1 amide bonds. The summed E-state index contributed by atoms with van der Waals surface area (Å²) in [5.74, 6) is 1.24. The lowest BCUT2D eigenvalue weighted by atomic mass is 10.1. The van der Waals surface area contributed by atoms with E-state index in [2.05, 4.69) is 22.0 Å².